The Labute approximate surface area is 79.4 Å². The number of hydrogen-bond acceptors (Lipinski definition) is 2. The van der Waals surface area contributed by atoms with Gasteiger partial charge in [0.25, 0.3) is 0 Å². The number of rotatable bonds is 4. The number of furan rings is 1. The molecule has 12 heavy (non-hydrogen) atoms. The Morgan fingerprint density at radius 3 is 3.08 bits per heavy atom. The first-order chi connectivity index (χ1) is 5.88. The van der Waals surface area contributed by atoms with Crippen LogP contribution >= 0.6 is 15.9 Å². The van der Waals surface area contributed by atoms with E-state index in [4.69, 9.17) is 4.42 Å². The molecule has 2 nitrogen and oxygen atoms in total. The van der Waals surface area contributed by atoms with Gasteiger partial charge in [0, 0.05) is 10.9 Å². The Morgan fingerprint density at radius 2 is 2.42 bits per heavy atom. The van der Waals surface area contributed by atoms with E-state index >= 15 is 0 Å². The zero-order chi connectivity index (χ0) is 8.81. The van der Waals surface area contributed by atoms with Gasteiger partial charge < -0.3 is 4.42 Å². The molecule has 3 heteroatoms. The molecule has 0 N–H and O–H groups in total. The maximum Gasteiger partial charge on any atom is 0.185 e. The number of halogens is 1. The predicted molar refractivity (Wildman–Crippen MR) is 51.5 cm³/mol. The van der Waals surface area contributed by atoms with Gasteiger partial charge in [-0.05, 0) is 12.5 Å². The van der Waals surface area contributed by atoms with Gasteiger partial charge in [0.15, 0.2) is 12.0 Å². The predicted octanol–water partition coefficient (Wildman–Crippen LogP) is 2.89. The lowest BCUT2D eigenvalue weighted by Gasteiger charge is -1.86. The van der Waals surface area contributed by atoms with Crippen LogP contribution in [0.4, 0.5) is 0 Å². The highest BCUT2D eigenvalue weighted by molar-refractivity contribution is 9.09. The van der Waals surface area contributed by atoms with Crippen molar-refractivity contribution in [1.29, 1.82) is 0 Å². The van der Waals surface area contributed by atoms with Gasteiger partial charge in [-0.25, -0.2) is 0 Å². The first kappa shape index (κ1) is 9.26. The van der Waals surface area contributed by atoms with E-state index in [1.807, 2.05) is 12.2 Å². The van der Waals surface area contributed by atoms with Crippen molar-refractivity contribution in [1.82, 2.24) is 0 Å². The summed E-state index contributed by atoms with van der Waals surface area (Å²) >= 11 is 3.31. The van der Waals surface area contributed by atoms with Crippen LogP contribution in [0.2, 0.25) is 0 Å². The molecule has 1 aromatic rings. The molecular weight excluding hydrogens is 220 g/mol. The summed E-state index contributed by atoms with van der Waals surface area (Å²) in [6.07, 6.45) is 7.05. The van der Waals surface area contributed by atoms with E-state index in [1.165, 1.54) is 6.26 Å². The molecule has 0 fully saturated rings. The fourth-order valence-corrected chi connectivity index (χ4v) is 1.10. The first-order valence-corrected chi connectivity index (χ1v) is 4.76. The van der Waals surface area contributed by atoms with Crippen LogP contribution in [-0.2, 0) is 0 Å². The van der Waals surface area contributed by atoms with Gasteiger partial charge in [0.1, 0.15) is 0 Å². The van der Waals surface area contributed by atoms with Crippen LogP contribution in [0.5, 0.6) is 0 Å². The van der Waals surface area contributed by atoms with Gasteiger partial charge in [0.05, 0.1) is 6.26 Å². The molecule has 0 aliphatic carbocycles. The third-order valence-electron chi connectivity index (χ3n) is 1.41. The van der Waals surface area contributed by atoms with Crippen molar-refractivity contribution in [3.05, 3.63) is 29.7 Å². The maximum atomic E-state index is 10.4. The minimum atomic E-state index is 0.390. The van der Waals surface area contributed by atoms with E-state index in [1.54, 1.807) is 6.07 Å². The molecule has 0 radical (unpaired) electrons. The number of hydrogen-bond donors (Lipinski definition) is 0. The highest BCUT2D eigenvalue weighted by Gasteiger charge is 1.99. The summed E-state index contributed by atoms with van der Waals surface area (Å²) in [7, 11) is 0. The minimum Gasteiger partial charge on any atom is -0.461 e. The molecular formula is C9H9BrO2. The molecule has 0 aliphatic rings. The maximum absolute atomic E-state index is 10.4. The third-order valence-corrected chi connectivity index (χ3v) is 1.87. The molecule has 64 valence electrons. The minimum absolute atomic E-state index is 0.390. The second-order valence-corrected chi connectivity index (χ2v) is 3.03. The lowest BCUT2D eigenvalue weighted by molar-refractivity contribution is 0.110. The standard InChI is InChI=1S/C9H9BrO2/c10-5-2-1-3-8-4-6-12-9(8)7-11/h1,3-4,6-7H,2,5H2. The van der Waals surface area contributed by atoms with Crippen molar-refractivity contribution in [3.63, 3.8) is 0 Å². The van der Waals surface area contributed by atoms with Crippen molar-refractivity contribution < 1.29 is 9.21 Å². The average Bonchev–Trinajstić information content (AvgIpc) is 2.52. The zero-order valence-electron chi connectivity index (χ0n) is 6.50. The summed E-state index contributed by atoms with van der Waals surface area (Å²) in [4.78, 5) is 10.4. The topological polar surface area (TPSA) is 30.2 Å². The van der Waals surface area contributed by atoms with E-state index in [-0.39, 0.29) is 0 Å². The number of aldehydes is 1. The molecule has 0 amide bonds. The Kier molecular flexibility index (Phi) is 3.80. The molecule has 0 aromatic carbocycles. The average molecular weight is 229 g/mol. The fraction of sp³-hybridized carbons (Fsp3) is 0.222. The van der Waals surface area contributed by atoms with Crippen LogP contribution in [-0.4, -0.2) is 11.6 Å². The Hall–Kier alpha value is -0.830. The van der Waals surface area contributed by atoms with Gasteiger partial charge in [-0.1, -0.05) is 28.1 Å². The van der Waals surface area contributed by atoms with Gasteiger partial charge >= 0.3 is 0 Å². The van der Waals surface area contributed by atoms with Gasteiger partial charge in [-0.15, -0.1) is 0 Å². The van der Waals surface area contributed by atoms with Gasteiger partial charge in [-0.3, -0.25) is 4.79 Å². The van der Waals surface area contributed by atoms with Crippen molar-refractivity contribution in [2.75, 3.05) is 5.33 Å². The van der Waals surface area contributed by atoms with E-state index in [0.29, 0.717) is 12.0 Å². The monoisotopic (exact) mass is 228 g/mol. The number of alkyl halides is 1. The van der Waals surface area contributed by atoms with Crippen molar-refractivity contribution in [3.8, 4) is 0 Å². The molecule has 0 unspecified atom stereocenters. The fourth-order valence-electron chi connectivity index (χ4n) is 0.838. The molecule has 0 aliphatic heterocycles. The summed E-state index contributed by atoms with van der Waals surface area (Å²) < 4.78 is 4.91. The van der Waals surface area contributed by atoms with Crippen LogP contribution in [0.1, 0.15) is 22.5 Å². The lowest BCUT2D eigenvalue weighted by atomic mass is 10.2. The molecule has 0 saturated heterocycles. The van der Waals surface area contributed by atoms with Crippen molar-refractivity contribution in [2.24, 2.45) is 0 Å². The number of carbonyl (C=O) groups is 1. The third kappa shape index (κ3) is 2.34. The Morgan fingerprint density at radius 1 is 1.58 bits per heavy atom. The molecule has 1 rings (SSSR count). The molecule has 1 heterocycles. The molecule has 0 saturated carbocycles. The van der Waals surface area contributed by atoms with E-state index in [9.17, 15) is 4.79 Å². The summed E-state index contributed by atoms with van der Waals surface area (Å²) in [5.41, 5.74) is 0.839. The van der Waals surface area contributed by atoms with Crippen LogP contribution in [0.15, 0.2) is 22.8 Å². The first-order valence-electron chi connectivity index (χ1n) is 3.63. The van der Waals surface area contributed by atoms with Crippen LogP contribution in [0, 0.1) is 0 Å². The smallest absolute Gasteiger partial charge is 0.185 e. The normalized spacial score (nSPS) is 10.8. The molecule has 0 atom stereocenters. The molecule has 0 bridgehead atoms. The summed E-state index contributed by atoms with van der Waals surface area (Å²) in [6, 6.07) is 1.77. The second kappa shape index (κ2) is 4.93. The molecule has 1 aromatic heterocycles. The largest absolute Gasteiger partial charge is 0.461 e. The van der Waals surface area contributed by atoms with E-state index < -0.39 is 0 Å². The van der Waals surface area contributed by atoms with Crippen LogP contribution in [0.25, 0.3) is 6.08 Å². The van der Waals surface area contributed by atoms with Gasteiger partial charge in [-0.2, -0.15) is 0 Å². The lowest BCUT2D eigenvalue weighted by Crippen LogP contribution is -1.77. The number of carbonyl (C=O) groups excluding carboxylic acids is 1. The zero-order valence-corrected chi connectivity index (χ0v) is 8.08. The highest BCUT2D eigenvalue weighted by Crippen LogP contribution is 2.10. The van der Waals surface area contributed by atoms with Crippen LogP contribution < -0.4 is 0 Å². The molecule has 0 spiro atoms. The van der Waals surface area contributed by atoms with E-state index in [2.05, 4.69) is 15.9 Å². The quantitative estimate of drug-likeness (QED) is 0.586. The SMILES string of the molecule is O=Cc1occc1C=CCCBr. The van der Waals surface area contributed by atoms with Crippen LogP contribution in [0.3, 0.4) is 0 Å². The second-order valence-electron chi connectivity index (χ2n) is 2.24. The highest BCUT2D eigenvalue weighted by atomic mass is 79.9. The van der Waals surface area contributed by atoms with Crippen molar-refractivity contribution >= 4 is 28.3 Å². The Bertz CT molecular complexity index is 276. The van der Waals surface area contributed by atoms with E-state index in [0.717, 1.165) is 17.3 Å². The number of allylic oxidation sites excluding steroid dienone is 1. The summed E-state index contributed by atoms with van der Waals surface area (Å²) in [5.74, 6) is 0.390. The Balaban J connectivity index is 2.67. The summed E-state index contributed by atoms with van der Waals surface area (Å²) in [5, 5.41) is 0.928. The summed E-state index contributed by atoms with van der Waals surface area (Å²) in [6.45, 7) is 0. The van der Waals surface area contributed by atoms with Crippen molar-refractivity contribution in [2.45, 2.75) is 6.42 Å². The van der Waals surface area contributed by atoms with Gasteiger partial charge in [0.2, 0.25) is 0 Å².